The van der Waals surface area contributed by atoms with Crippen LogP contribution in [0.4, 0.5) is 11.4 Å². The SMILES string of the molecule is O=C(Oc1ccc(N=Nc2ccc(OC(=O)c3ccc4c(c3)C(=O)OC4=O)cc2)cc1)c1ccc2c(c1)C(=O)OC2=O. The summed E-state index contributed by atoms with van der Waals surface area (Å²) in [5.41, 5.74) is 1.25. The van der Waals surface area contributed by atoms with Gasteiger partial charge in [0.15, 0.2) is 0 Å². The lowest BCUT2D eigenvalue weighted by Crippen LogP contribution is -2.09. The molecule has 42 heavy (non-hydrogen) atoms. The summed E-state index contributed by atoms with van der Waals surface area (Å²) in [6.07, 6.45) is 0. The van der Waals surface area contributed by atoms with Gasteiger partial charge in [0.05, 0.1) is 44.8 Å². The summed E-state index contributed by atoms with van der Waals surface area (Å²) >= 11 is 0. The Morgan fingerprint density at radius 3 is 1.21 bits per heavy atom. The highest BCUT2D eigenvalue weighted by atomic mass is 16.6. The van der Waals surface area contributed by atoms with Crippen LogP contribution in [0.25, 0.3) is 0 Å². The van der Waals surface area contributed by atoms with Crippen LogP contribution in [-0.4, -0.2) is 35.8 Å². The van der Waals surface area contributed by atoms with Crippen LogP contribution in [0.3, 0.4) is 0 Å². The van der Waals surface area contributed by atoms with E-state index in [9.17, 15) is 28.8 Å². The van der Waals surface area contributed by atoms with Gasteiger partial charge in [-0.1, -0.05) is 0 Å². The van der Waals surface area contributed by atoms with Crippen LogP contribution in [0.2, 0.25) is 0 Å². The predicted octanol–water partition coefficient (Wildman–Crippen LogP) is 5.16. The van der Waals surface area contributed by atoms with Crippen LogP contribution >= 0.6 is 0 Å². The maximum absolute atomic E-state index is 12.5. The Hall–Kier alpha value is -6.30. The van der Waals surface area contributed by atoms with Crippen molar-refractivity contribution in [3.8, 4) is 11.5 Å². The molecule has 2 aliphatic heterocycles. The first-order chi connectivity index (χ1) is 20.2. The van der Waals surface area contributed by atoms with Crippen molar-refractivity contribution in [3.63, 3.8) is 0 Å². The fourth-order valence-electron chi connectivity index (χ4n) is 4.03. The monoisotopic (exact) mass is 562 g/mol. The topological polar surface area (TPSA) is 164 Å². The third-order valence-electron chi connectivity index (χ3n) is 6.14. The largest absolute Gasteiger partial charge is 0.423 e. The molecule has 0 unspecified atom stereocenters. The molecule has 0 saturated heterocycles. The van der Waals surface area contributed by atoms with Gasteiger partial charge in [0.2, 0.25) is 0 Å². The highest BCUT2D eigenvalue weighted by molar-refractivity contribution is 6.16. The van der Waals surface area contributed by atoms with Gasteiger partial charge in [-0.15, -0.1) is 0 Å². The molecule has 4 aromatic rings. The Morgan fingerprint density at radius 2 is 0.833 bits per heavy atom. The van der Waals surface area contributed by atoms with E-state index in [1.165, 1.54) is 60.7 Å². The van der Waals surface area contributed by atoms with Gasteiger partial charge < -0.3 is 18.9 Å². The molecular formula is C30H14N2O10. The highest BCUT2D eigenvalue weighted by Gasteiger charge is 2.31. The molecule has 12 nitrogen and oxygen atoms in total. The van der Waals surface area contributed by atoms with Crippen molar-refractivity contribution in [2.45, 2.75) is 0 Å². The summed E-state index contributed by atoms with van der Waals surface area (Å²) in [7, 11) is 0. The molecule has 4 aromatic carbocycles. The molecule has 0 aromatic heterocycles. The van der Waals surface area contributed by atoms with E-state index in [0.29, 0.717) is 11.4 Å². The molecule has 0 bridgehead atoms. The maximum atomic E-state index is 12.5. The van der Waals surface area contributed by atoms with Gasteiger partial charge in [0.1, 0.15) is 11.5 Å². The lowest BCUT2D eigenvalue weighted by atomic mass is 10.1. The van der Waals surface area contributed by atoms with Gasteiger partial charge >= 0.3 is 35.8 Å². The van der Waals surface area contributed by atoms with Crippen LogP contribution in [0.1, 0.15) is 62.1 Å². The number of carbonyl (C=O) groups is 6. The van der Waals surface area contributed by atoms with E-state index >= 15 is 0 Å². The van der Waals surface area contributed by atoms with Crippen molar-refractivity contribution in [3.05, 3.63) is 118 Å². The summed E-state index contributed by atoms with van der Waals surface area (Å²) in [6, 6.07) is 20.2. The number of rotatable bonds is 6. The molecule has 204 valence electrons. The Kier molecular flexibility index (Phi) is 6.40. The summed E-state index contributed by atoms with van der Waals surface area (Å²) in [6.45, 7) is 0. The third kappa shape index (κ3) is 5.02. The van der Waals surface area contributed by atoms with Gasteiger partial charge in [0.25, 0.3) is 0 Å². The van der Waals surface area contributed by atoms with Gasteiger partial charge in [-0.3, -0.25) is 0 Å². The van der Waals surface area contributed by atoms with Crippen LogP contribution in [-0.2, 0) is 9.47 Å². The molecule has 0 amide bonds. The molecule has 2 aliphatic rings. The van der Waals surface area contributed by atoms with Gasteiger partial charge in [-0.25, -0.2) is 28.8 Å². The molecule has 2 heterocycles. The van der Waals surface area contributed by atoms with Crippen molar-refractivity contribution in [1.82, 2.24) is 0 Å². The number of hydrogen-bond donors (Lipinski definition) is 0. The van der Waals surface area contributed by atoms with Crippen molar-refractivity contribution < 1.29 is 47.7 Å². The lowest BCUT2D eigenvalue weighted by Gasteiger charge is -2.05. The van der Waals surface area contributed by atoms with Crippen LogP contribution in [0, 0.1) is 0 Å². The molecule has 0 aliphatic carbocycles. The number of carbonyl (C=O) groups excluding carboxylic acids is 6. The van der Waals surface area contributed by atoms with Crippen LogP contribution in [0.15, 0.2) is 95.2 Å². The van der Waals surface area contributed by atoms with Crippen molar-refractivity contribution in [2.75, 3.05) is 0 Å². The summed E-state index contributed by atoms with van der Waals surface area (Å²) in [4.78, 5) is 71.5. The van der Waals surface area contributed by atoms with E-state index in [2.05, 4.69) is 19.7 Å². The molecule has 0 radical (unpaired) electrons. The van der Waals surface area contributed by atoms with Gasteiger partial charge in [-0.2, -0.15) is 10.2 Å². The molecular weight excluding hydrogens is 548 g/mol. The van der Waals surface area contributed by atoms with E-state index in [-0.39, 0.29) is 44.9 Å². The molecule has 0 saturated carbocycles. The zero-order valence-corrected chi connectivity index (χ0v) is 21.1. The van der Waals surface area contributed by atoms with Crippen molar-refractivity contribution in [2.24, 2.45) is 10.2 Å². The van der Waals surface area contributed by atoms with Gasteiger partial charge in [0, 0.05) is 0 Å². The first kappa shape index (κ1) is 26.0. The Bertz CT molecular complexity index is 1740. The zero-order chi connectivity index (χ0) is 29.4. The summed E-state index contributed by atoms with van der Waals surface area (Å²) in [5, 5.41) is 8.23. The second-order valence-electron chi connectivity index (χ2n) is 8.84. The number of esters is 6. The molecule has 0 spiro atoms. The van der Waals surface area contributed by atoms with E-state index in [0.717, 1.165) is 0 Å². The Morgan fingerprint density at radius 1 is 0.476 bits per heavy atom. The van der Waals surface area contributed by atoms with E-state index in [1.54, 1.807) is 24.3 Å². The number of hydrogen-bond acceptors (Lipinski definition) is 12. The average molecular weight is 562 g/mol. The standard InChI is InChI=1S/C30H14N2O10/c33-25(15-1-11-21-23(13-15)29(37)41-27(21)35)39-19-7-3-17(4-8-19)31-32-18-5-9-20(10-6-18)40-26(34)16-2-12-22-24(14-16)30(38)42-28(22)36/h1-14H. The first-order valence-corrected chi connectivity index (χ1v) is 12.1. The van der Waals surface area contributed by atoms with Crippen molar-refractivity contribution >= 4 is 47.2 Å². The fourth-order valence-corrected chi connectivity index (χ4v) is 4.03. The third-order valence-corrected chi connectivity index (χ3v) is 6.14. The highest BCUT2D eigenvalue weighted by Crippen LogP contribution is 2.26. The van der Waals surface area contributed by atoms with Crippen molar-refractivity contribution in [1.29, 1.82) is 0 Å². The number of nitrogens with zero attached hydrogens (tertiary/aromatic N) is 2. The average Bonchev–Trinajstić information content (AvgIpc) is 3.45. The number of ether oxygens (including phenoxy) is 4. The minimum Gasteiger partial charge on any atom is -0.423 e. The minimum atomic E-state index is -0.820. The second-order valence-corrected chi connectivity index (χ2v) is 8.84. The first-order valence-electron chi connectivity index (χ1n) is 12.1. The number of benzene rings is 4. The molecule has 6 rings (SSSR count). The quantitative estimate of drug-likeness (QED) is 0.133. The fraction of sp³-hybridized carbons (Fsp3) is 0. The predicted molar refractivity (Wildman–Crippen MR) is 139 cm³/mol. The molecule has 0 fully saturated rings. The van der Waals surface area contributed by atoms with E-state index in [4.69, 9.17) is 9.47 Å². The van der Waals surface area contributed by atoms with E-state index < -0.39 is 35.8 Å². The normalized spacial score (nSPS) is 13.4. The van der Waals surface area contributed by atoms with Crippen LogP contribution < -0.4 is 9.47 Å². The second kappa shape index (κ2) is 10.4. The maximum Gasteiger partial charge on any atom is 0.346 e. The minimum absolute atomic E-state index is 0.00225. The Balaban J connectivity index is 1.05. The van der Waals surface area contributed by atoms with Gasteiger partial charge in [-0.05, 0) is 84.9 Å². The number of cyclic esters (lactones) is 4. The molecule has 0 atom stereocenters. The summed E-state index contributed by atoms with van der Waals surface area (Å²) < 4.78 is 19.7. The Labute approximate surface area is 235 Å². The number of fused-ring (bicyclic) bond motifs is 2. The lowest BCUT2D eigenvalue weighted by molar-refractivity contribution is 0.0425. The number of azo groups is 1. The zero-order valence-electron chi connectivity index (χ0n) is 21.1. The van der Waals surface area contributed by atoms with Crippen LogP contribution in [0.5, 0.6) is 11.5 Å². The molecule has 12 heteroatoms. The smallest absolute Gasteiger partial charge is 0.346 e. The summed E-state index contributed by atoms with van der Waals surface area (Å²) in [5.74, 6) is -4.19. The van der Waals surface area contributed by atoms with E-state index in [1.807, 2.05) is 0 Å². The molecule has 0 N–H and O–H groups in total.